The molecule has 0 unspecified atom stereocenters. The zero-order valence-electron chi connectivity index (χ0n) is 20.2. The Morgan fingerprint density at radius 1 is 1.03 bits per heavy atom. The van der Waals surface area contributed by atoms with Gasteiger partial charge in [0, 0.05) is 18.7 Å². The predicted molar refractivity (Wildman–Crippen MR) is 135 cm³/mol. The van der Waals surface area contributed by atoms with Gasteiger partial charge in [-0.3, -0.25) is 9.78 Å². The van der Waals surface area contributed by atoms with Crippen LogP contribution in [-0.2, 0) is 10.0 Å². The van der Waals surface area contributed by atoms with E-state index in [2.05, 4.69) is 10.3 Å². The summed E-state index contributed by atoms with van der Waals surface area (Å²) in [6.07, 6.45) is -0.158. The number of benzene rings is 2. The van der Waals surface area contributed by atoms with Gasteiger partial charge in [0.15, 0.2) is 0 Å². The minimum atomic E-state index is -3.70. The van der Waals surface area contributed by atoms with E-state index in [9.17, 15) is 13.2 Å². The molecule has 2 aromatic carbocycles. The van der Waals surface area contributed by atoms with Gasteiger partial charge in [-0.2, -0.15) is 4.31 Å². The minimum Gasteiger partial charge on any atom is -0.489 e. The van der Waals surface area contributed by atoms with Crippen LogP contribution in [-0.4, -0.2) is 42.8 Å². The number of nitrogens with zero attached hydrogens (tertiary/aromatic N) is 2. The number of anilines is 1. The van der Waals surface area contributed by atoms with Crippen molar-refractivity contribution in [1.82, 2.24) is 9.29 Å². The van der Waals surface area contributed by atoms with E-state index in [1.807, 2.05) is 44.2 Å². The number of nitrogens with one attached hydrogen (secondary N) is 1. The van der Waals surface area contributed by atoms with Crippen molar-refractivity contribution in [2.24, 2.45) is 0 Å². The first-order valence-electron chi connectivity index (χ1n) is 11.3. The lowest BCUT2D eigenvalue weighted by atomic mass is 10.1. The number of rotatable bonds is 9. The molecule has 0 spiro atoms. The maximum atomic E-state index is 13.2. The largest absolute Gasteiger partial charge is 0.489 e. The minimum absolute atomic E-state index is 0.0943. The van der Waals surface area contributed by atoms with Crippen LogP contribution in [0, 0.1) is 6.92 Å². The molecule has 0 aliphatic heterocycles. The van der Waals surface area contributed by atoms with Crippen LogP contribution in [0.5, 0.6) is 5.75 Å². The van der Waals surface area contributed by atoms with E-state index in [0.717, 1.165) is 11.3 Å². The molecule has 0 fully saturated rings. The Morgan fingerprint density at radius 2 is 1.71 bits per heavy atom. The average molecular weight is 482 g/mol. The molecule has 3 rings (SSSR count). The SMILES string of the molecule is CCN(CC)S(=O)(=O)c1ccc(OC(C)C)c(NC(=O)c2ccc(-c3ccccc3)nc2C)c1. The second-order valence-electron chi connectivity index (χ2n) is 8.06. The zero-order chi connectivity index (χ0) is 24.9. The highest BCUT2D eigenvalue weighted by Crippen LogP contribution is 2.31. The van der Waals surface area contributed by atoms with Gasteiger partial charge in [0.2, 0.25) is 10.0 Å². The van der Waals surface area contributed by atoms with E-state index in [4.69, 9.17) is 4.74 Å². The van der Waals surface area contributed by atoms with E-state index in [1.54, 1.807) is 39.0 Å². The van der Waals surface area contributed by atoms with Crippen molar-refractivity contribution < 1.29 is 17.9 Å². The number of hydrogen-bond donors (Lipinski definition) is 1. The van der Waals surface area contributed by atoms with Crippen molar-refractivity contribution in [1.29, 1.82) is 0 Å². The predicted octanol–water partition coefficient (Wildman–Crippen LogP) is 5.13. The van der Waals surface area contributed by atoms with Crippen molar-refractivity contribution in [3.05, 3.63) is 71.9 Å². The van der Waals surface area contributed by atoms with Gasteiger partial charge in [-0.1, -0.05) is 44.2 Å². The number of aryl methyl sites for hydroxylation is 1. The van der Waals surface area contributed by atoms with Gasteiger partial charge in [-0.25, -0.2) is 8.42 Å². The van der Waals surface area contributed by atoms with Gasteiger partial charge in [0.1, 0.15) is 5.75 Å². The van der Waals surface area contributed by atoms with Crippen LogP contribution in [0.2, 0.25) is 0 Å². The fraction of sp³-hybridized carbons (Fsp3) is 0.308. The molecule has 0 bridgehead atoms. The maximum Gasteiger partial charge on any atom is 0.257 e. The normalized spacial score (nSPS) is 11.6. The Hall–Kier alpha value is -3.23. The van der Waals surface area contributed by atoms with Crippen LogP contribution in [0.1, 0.15) is 43.7 Å². The van der Waals surface area contributed by atoms with E-state index in [0.29, 0.717) is 35.8 Å². The molecule has 7 nitrogen and oxygen atoms in total. The van der Waals surface area contributed by atoms with Crippen LogP contribution in [0.4, 0.5) is 5.69 Å². The Labute approximate surface area is 201 Å². The van der Waals surface area contributed by atoms with Gasteiger partial charge in [-0.15, -0.1) is 0 Å². The van der Waals surface area contributed by atoms with Gasteiger partial charge in [0.05, 0.1) is 33.6 Å². The number of ether oxygens (including phenoxy) is 1. The third-order valence-electron chi connectivity index (χ3n) is 5.31. The van der Waals surface area contributed by atoms with Crippen LogP contribution >= 0.6 is 0 Å². The van der Waals surface area contributed by atoms with Crippen LogP contribution in [0.3, 0.4) is 0 Å². The highest BCUT2D eigenvalue weighted by molar-refractivity contribution is 7.89. The lowest BCUT2D eigenvalue weighted by molar-refractivity contribution is 0.102. The molecule has 1 amide bonds. The molecule has 3 aromatic rings. The number of carbonyl (C=O) groups excluding carboxylic acids is 1. The second kappa shape index (κ2) is 10.8. The fourth-order valence-corrected chi connectivity index (χ4v) is 5.08. The summed E-state index contributed by atoms with van der Waals surface area (Å²) in [4.78, 5) is 17.8. The van der Waals surface area contributed by atoms with Gasteiger partial charge in [0.25, 0.3) is 5.91 Å². The molecular formula is C26H31N3O4S. The number of sulfonamides is 1. The van der Waals surface area contributed by atoms with E-state index in [-0.39, 0.29) is 11.0 Å². The second-order valence-corrected chi connectivity index (χ2v) is 10.0. The molecule has 0 saturated heterocycles. The maximum absolute atomic E-state index is 13.2. The summed E-state index contributed by atoms with van der Waals surface area (Å²) < 4.78 is 33.2. The van der Waals surface area contributed by atoms with E-state index >= 15 is 0 Å². The lowest BCUT2D eigenvalue weighted by Gasteiger charge is -2.21. The lowest BCUT2D eigenvalue weighted by Crippen LogP contribution is -2.30. The van der Waals surface area contributed by atoms with Crippen molar-refractivity contribution in [2.75, 3.05) is 18.4 Å². The summed E-state index contributed by atoms with van der Waals surface area (Å²) in [5.74, 6) is 0.00368. The van der Waals surface area contributed by atoms with Crippen molar-refractivity contribution in [2.45, 2.75) is 45.6 Å². The summed E-state index contributed by atoms with van der Waals surface area (Å²) in [5.41, 5.74) is 2.98. The molecule has 34 heavy (non-hydrogen) atoms. The van der Waals surface area contributed by atoms with Gasteiger partial charge < -0.3 is 10.1 Å². The molecule has 1 N–H and O–H groups in total. The molecule has 0 aliphatic carbocycles. The van der Waals surface area contributed by atoms with Crippen molar-refractivity contribution >= 4 is 21.6 Å². The Balaban J connectivity index is 1.96. The number of hydrogen-bond acceptors (Lipinski definition) is 5. The monoisotopic (exact) mass is 481 g/mol. The molecule has 0 atom stereocenters. The Kier molecular flexibility index (Phi) is 8.06. The Morgan fingerprint density at radius 3 is 2.29 bits per heavy atom. The topological polar surface area (TPSA) is 88.6 Å². The molecule has 1 aromatic heterocycles. The van der Waals surface area contributed by atoms with Crippen LogP contribution in [0.25, 0.3) is 11.3 Å². The number of pyridine rings is 1. The summed E-state index contributed by atoms with van der Waals surface area (Å²) in [7, 11) is -3.70. The van der Waals surface area contributed by atoms with Crippen molar-refractivity contribution in [3.8, 4) is 17.0 Å². The number of amides is 1. The zero-order valence-corrected chi connectivity index (χ0v) is 21.0. The first-order chi connectivity index (χ1) is 16.2. The summed E-state index contributed by atoms with van der Waals surface area (Å²) >= 11 is 0. The molecular weight excluding hydrogens is 450 g/mol. The average Bonchev–Trinajstić information content (AvgIpc) is 2.80. The quantitative estimate of drug-likeness (QED) is 0.458. The highest BCUT2D eigenvalue weighted by Gasteiger charge is 2.24. The summed E-state index contributed by atoms with van der Waals surface area (Å²) in [6, 6.07) is 17.8. The first-order valence-corrected chi connectivity index (χ1v) is 12.8. The third kappa shape index (κ3) is 5.63. The fourth-order valence-electron chi connectivity index (χ4n) is 3.60. The first kappa shape index (κ1) is 25.4. The summed E-state index contributed by atoms with van der Waals surface area (Å²) in [5, 5.41) is 2.83. The standard InChI is InChI=1S/C26H31N3O4S/c1-6-29(7-2)34(31,32)21-13-16-25(33-18(3)4)24(17-21)28-26(30)22-14-15-23(27-19(22)5)20-11-9-8-10-12-20/h8-18H,6-7H2,1-5H3,(H,28,30). The highest BCUT2D eigenvalue weighted by atomic mass is 32.2. The number of carbonyl (C=O) groups is 1. The van der Waals surface area contributed by atoms with Crippen LogP contribution in [0.15, 0.2) is 65.6 Å². The van der Waals surface area contributed by atoms with Crippen LogP contribution < -0.4 is 10.1 Å². The molecule has 0 radical (unpaired) electrons. The van der Waals surface area contributed by atoms with Gasteiger partial charge in [-0.05, 0) is 51.1 Å². The molecule has 0 aliphatic rings. The van der Waals surface area contributed by atoms with Gasteiger partial charge >= 0.3 is 0 Å². The molecule has 0 saturated carbocycles. The number of aromatic nitrogens is 1. The molecule has 1 heterocycles. The van der Waals surface area contributed by atoms with E-state index in [1.165, 1.54) is 16.4 Å². The molecule has 180 valence electrons. The molecule has 8 heteroatoms. The summed E-state index contributed by atoms with van der Waals surface area (Å²) in [6.45, 7) is 9.77. The van der Waals surface area contributed by atoms with E-state index < -0.39 is 15.9 Å². The smallest absolute Gasteiger partial charge is 0.257 e. The third-order valence-corrected chi connectivity index (χ3v) is 7.35. The Bertz CT molecular complexity index is 1250. The van der Waals surface area contributed by atoms with Crippen molar-refractivity contribution in [3.63, 3.8) is 0 Å².